The van der Waals surface area contributed by atoms with Crippen molar-refractivity contribution in [1.82, 2.24) is 0 Å². The molecule has 0 aromatic rings. The second-order valence-corrected chi connectivity index (χ2v) is 13.5. The largest absolute Gasteiger partial charge is 0.457 e. The highest BCUT2D eigenvalue weighted by atomic mass is 32.3. The van der Waals surface area contributed by atoms with Gasteiger partial charge in [-0.2, -0.15) is 8.42 Å². The molecule has 1 fully saturated rings. The summed E-state index contributed by atoms with van der Waals surface area (Å²) in [6, 6.07) is 0. The van der Waals surface area contributed by atoms with E-state index in [-0.39, 0.29) is 19.6 Å². The number of ether oxygens (including phenoxy) is 4. The van der Waals surface area contributed by atoms with Crippen molar-refractivity contribution in [1.29, 1.82) is 0 Å². The minimum Gasteiger partial charge on any atom is -0.457 e. The highest BCUT2D eigenvalue weighted by molar-refractivity contribution is 7.80. The van der Waals surface area contributed by atoms with Gasteiger partial charge in [0.15, 0.2) is 6.29 Å². The molecule has 0 aromatic carbocycles. The summed E-state index contributed by atoms with van der Waals surface area (Å²) in [6.07, 6.45) is 23.2. The quantitative estimate of drug-likeness (QED) is 0.0299. The van der Waals surface area contributed by atoms with E-state index in [0.29, 0.717) is 6.61 Å². The van der Waals surface area contributed by atoms with E-state index in [4.69, 9.17) is 23.5 Å². The van der Waals surface area contributed by atoms with Crippen LogP contribution in [0.3, 0.4) is 0 Å². The van der Waals surface area contributed by atoms with Gasteiger partial charge in [0.05, 0.1) is 19.8 Å². The number of allylic oxidation sites excluding steroid dienone is 6. The van der Waals surface area contributed by atoms with Crippen molar-refractivity contribution >= 4 is 16.4 Å². The second kappa shape index (κ2) is 29.0. The Morgan fingerprint density at radius 2 is 1.33 bits per heavy atom. The zero-order valence-corrected chi connectivity index (χ0v) is 30.6. The third kappa shape index (κ3) is 23.4. The Morgan fingerprint density at radius 1 is 0.776 bits per heavy atom. The smallest absolute Gasteiger partial charge is 0.397 e. The Balaban J connectivity index is 2.17. The van der Waals surface area contributed by atoms with E-state index < -0.39 is 59.8 Å². The van der Waals surface area contributed by atoms with Crippen molar-refractivity contribution < 1.29 is 56.2 Å². The first-order valence-corrected chi connectivity index (χ1v) is 19.6. The molecule has 1 aliphatic heterocycles. The molecular formula is C36H64O12S. The number of hydrogen-bond acceptors (Lipinski definition) is 11. The maximum absolute atomic E-state index is 11.9. The highest BCUT2D eigenvalue weighted by Crippen LogP contribution is 2.26. The van der Waals surface area contributed by atoms with E-state index in [9.17, 15) is 28.5 Å². The van der Waals surface area contributed by atoms with Crippen LogP contribution in [0, 0.1) is 0 Å². The minimum absolute atomic E-state index is 0.0190. The fourth-order valence-corrected chi connectivity index (χ4v) is 5.75. The Morgan fingerprint density at radius 3 is 1.88 bits per heavy atom. The van der Waals surface area contributed by atoms with Gasteiger partial charge in [-0.1, -0.05) is 108 Å². The van der Waals surface area contributed by atoms with Crippen LogP contribution < -0.4 is 0 Å². The molecule has 1 aliphatic rings. The van der Waals surface area contributed by atoms with Gasteiger partial charge in [0.25, 0.3) is 0 Å². The summed E-state index contributed by atoms with van der Waals surface area (Å²) in [5.74, 6) is -0.493. The molecule has 4 N–H and O–H groups in total. The van der Waals surface area contributed by atoms with E-state index in [1.54, 1.807) is 6.92 Å². The lowest BCUT2D eigenvalue weighted by molar-refractivity contribution is -0.301. The molecular weight excluding hydrogens is 656 g/mol. The number of rotatable bonds is 30. The summed E-state index contributed by atoms with van der Waals surface area (Å²) in [7, 11) is -5.04. The molecule has 49 heavy (non-hydrogen) atoms. The van der Waals surface area contributed by atoms with E-state index in [0.717, 1.165) is 38.5 Å². The van der Waals surface area contributed by atoms with Crippen molar-refractivity contribution in [2.24, 2.45) is 0 Å². The van der Waals surface area contributed by atoms with Gasteiger partial charge in [-0.3, -0.25) is 9.35 Å². The van der Waals surface area contributed by atoms with Crippen LogP contribution in [0.15, 0.2) is 36.5 Å². The molecule has 1 heterocycles. The van der Waals surface area contributed by atoms with Crippen LogP contribution in [-0.4, -0.2) is 97.5 Å². The van der Waals surface area contributed by atoms with Crippen LogP contribution in [0.2, 0.25) is 0 Å². The molecule has 0 spiro atoms. The molecule has 0 aliphatic carbocycles. The molecule has 6 unspecified atom stereocenters. The molecule has 1 rings (SSSR count). The normalized spacial score (nSPS) is 22.4. The third-order valence-corrected chi connectivity index (χ3v) is 8.54. The predicted octanol–water partition coefficient (Wildman–Crippen LogP) is 5.90. The summed E-state index contributed by atoms with van der Waals surface area (Å²) in [5, 5.41) is 30.1. The topological polar surface area (TPSA) is 178 Å². The molecule has 0 radical (unpaired) electrons. The molecule has 12 nitrogen and oxygen atoms in total. The summed E-state index contributed by atoms with van der Waals surface area (Å²) < 4.78 is 57.6. The fourth-order valence-electron chi connectivity index (χ4n) is 5.24. The summed E-state index contributed by atoms with van der Waals surface area (Å²) in [6.45, 7) is 3.32. The number of esters is 1. The molecule has 13 heteroatoms. The lowest BCUT2D eigenvalue weighted by atomic mass is 9.99. The van der Waals surface area contributed by atoms with Gasteiger partial charge in [-0.25, -0.2) is 4.18 Å². The second-order valence-electron chi connectivity index (χ2n) is 12.4. The van der Waals surface area contributed by atoms with E-state index >= 15 is 0 Å². The van der Waals surface area contributed by atoms with E-state index in [2.05, 4.69) is 47.6 Å². The van der Waals surface area contributed by atoms with E-state index in [1.165, 1.54) is 64.2 Å². The SMILES string of the molecule is CCCCCCC/C=C\C/C=C\C/C=C\CCCCCCCCCOCC(COC1OC(CO)C(O)C(OS(=O)(=O)O)C1O)OC(=O)CC. The van der Waals surface area contributed by atoms with Crippen LogP contribution in [0.5, 0.6) is 0 Å². The van der Waals surface area contributed by atoms with Gasteiger partial charge in [-0.05, 0) is 44.9 Å². The Hall–Kier alpha value is -1.68. The lowest BCUT2D eigenvalue weighted by Crippen LogP contribution is -2.60. The van der Waals surface area contributed by atoms with E-state index in [1.807, 2.05) is 0 Å². The van der Waals surface area contributed by atoms with Crippen LogP contribution in [0.1, 0.15) is 123 Å². The molecule has 6 atom stereocenters. The highest BCUT2D eigenvalue weighted by Gasteiger charge is 2.48. The molecule has 0 saturated carbocycles. The lowest BCUT2D eigenvalue weighted by Gasteiger charge is -2.41. The average Bonchev–Trinajstić information content (AvgIpc) is 3.07. The first-order chi connectivity index (χ1) is 23.6. The zero-order chi connectivity index (χ0) is 36.2. The summed E-state index contributed by atoms with van der Waals surface area (Å²) in [4.78, 5) is 11.9. The Bertz CT molecular complexity index is 1020. The fraction of sp³-hybridized carbons (Fsp3) is 0.806. The van der Waals surface area contributed by atoms with Crippen molar-refractivity contribution in [3.05, 3.63) is 36.5 Å². The number of aliphatic hydroxyl groups is 3. The monoisotopic (exact) mass is 720 g/mol. The van der Waals surface area contributed by atoms with Gasteiger partial charge < -0.3 is 34.3 Å². The maximum Gasteiger partial charge on any atom is 0.397 e. The van der Waals surface area contributed by atoms with Gasteiger partial charge >= 0.3 is 16.4 Å². The molecule has 1 saturated heterocycles. The van der Waals surface area contributed by atoms with Crippen LogP contribution in [0.4, 0.5) is 0 Å². The van der Waals surface area contributed by atoms with Crippen LogP contribution in [-0.2, 0) is 38.3 Å². The summed E-state index contributed by atoms with van der Waals surface area (Å²) >= 11 is 0. The van der Waals surface area contributed by atoms with Crippen LogP contribution >= 0.6 is 0 Å². The molecule has 0 bridgehead atoms. The van der Waals surface area contributed by atoms with Crippen LogP contribution in [0.25, 0.3) is 0 Å². The van der Waals surface area contributed by atoms with Crippen molar-refractivity contribution in [2.75, 3.05) is 26.4 Å². The number of unbranched alkanes of at least 4 members (excludes halogenated alkanes) is 12. The maximum atomic E-state index is 11.9. The first kappa shape index (κ1) is 45.3. The minimum atomic E-state index is -5.04. The Labute approximate surface area is 294 Å². The predicted molar refractivity (Wildman–Crippen MR) is 188 cm³/mol. The number of carbonyl (C=O) groups is 1. The van der Waals surface area contributed by atoms with Gasteiger partial charge in [0.2, 0.25) is 0 Å². The zero-order valence-electron chi connectivity index (χ0n) is 29.7. The number of aliphatic hydroxyl groups excluding tert-OH is 3. The van der Waals surface area contributed by atoms with Crippen molar-refractivity contribution in [3.8, 4) is 0 Å². The average molecular weight is 721 g/mol. The molecule has 0 amide bonds. The van der Waals surface area contributed by atoms with Gasteiger partial charge in [-0.15, -0.1) is 0 Å². The first-order valence-electron chi connectivity index (χ1n) is 18.2. The standard InChI is InChI=1S/C36H64O12S/c1-3-5-6-7-8-9-10-11-12-13-14-15-16-17-18-19-20-21-22-23-24-25-26-44-28-30(46-32(38)4-2)29-45-36-34(40)35(48-49(41,42)43)33(39)31(27-37)47-36/h10-11,13-14,16-17,30-31,33-37,39-40H,3-9,12,15,18-29H2,1-2H3,(H,41,42,43)/b11-10-,14-13-,17-16-. The van der Waals surface area contributed by atoms with Gasteiger partial charge in [0, 0.05) is 13.0 Å². The third-order valence-electron chi connectivity index (χ3n) is 8.07. The summed E-state index contributed by atoms with van der Waals surface area (Å²) in [5.41, 5.74) is 0. The number of hydrogen-bond donors (Lipinski definition) is 4. The van der Waals surface area contributed by atoms with Crippen molar-refractivity contribution in [2.45, 2.75) is 160 Å². The number of carbonyl (C=O) groups excluding carboxylic acids is 1. The molecule has 286 valence electrons. The van der Waals surface area contributed by atoms with Crippen molar-refractivity contribution in [3.63, 3.8) is 0 Å². The molecule has 0 aromatic heterocycles. The van der Waals surface area contributed by atoms with Gasteiger partial charge in [0.1, 0.15) is 30.5 Å². The Kier molecular flexibility index (Phi) is 26.8.